The summed E-state index contributed by atoms with van der Waals surface area (Å²) in [6.07, 6.45) is -1.00. The number of Topliss-reactive ketones (excluding diaryl/α,β-unsaturated/α-hetero) is 1. The molecule has 28 heavy (non-hydrogen) atoms. The number of hydrogen-bond donors (Lipinski definition) is 2. The molecule has 0 aliphatic rings. The zero-order chi connectivity index (χ0) is 20.4. The number of aryl methyl sites for hydroxylation is 1. The lowest BCUT2D eigenvalue weighted by Gasteiger charge is -2.14. The molecular weight excluding hydrogens is 356 g/mol. The predicted molar refractivity (Wildman–Crippen MR) is 108 cm³/mol. The fourth-order valence-corrected chi connectivity index (χ4v) is 3.32. The van der Waals surface area contributed by atoms with Gasteiger partial charge in [0.2, 0.25) is 0 Å². The fourth-order valence-electron chi connectivity index (χ4n) is 3.32. The Labute approximate surface area is 162 Å². The fraction of sp³-hybridized carbons (Fsp3) is 0.227. The zero-order valence-electron chi connectivity index (χ0n) is 16.3. The molecule has 1 amide bonds. The number of ketones is 1. The third-order valence-corrected chi connectivity index (χ3v) is 4.69. The number of rotatable bonds is 5. The number of anilines is 1. The SMILES string of the molecule is CC(=O)c1c(C)[nH]c(C(=O)O[C@H](C)C(=O)Nc2cccc3ccccc23)c1C. The number of carbonyl (C=O) groups is 3. The van der Waals surface area contributed by atoms with Gasteiger partial charge in [-0.3, -0.25) is 9.59 Å². The van der Waals surface area contributed by atoms with E-state index in [1.165, 1.54) is 13.8 Å². The van der Waals surface area contributed by atoms with Gasteiger partial charge in [-0.2, -0.15) is 0 Å². The van der Waals surface area contributed by atoms with Crippen molar-refractivity contribution in [1.82, 2.24) is 4.98 Å². The summed E-state index contributed by atoms with van der Waals surface area (Å²) in [6, 6.07) is 13.3. The molecule has 2 N–H and O–H groups in total. The van der Waals surface area contributed by atoms with E-state index in [0.717, 1.165) is 10.8 Å². The van der Waals surface area contributed by atoms with Crippen LogP contribution in [0.15, 0.2) is 42.5 Å². The number of fused-ring (bicyclic) bond motifs is 1. The summed E-state index contributed by atoms with van der Waals surface area (Å²) >= 11 is 0. The lowest BCUT2D eigenvalue weighted by Crippen LogP contribution is -2.30. The van der Waals surface area contributed by atoms with Crippen molar-refractivity contribution in [3.8, 4) is 0 Å². The number of aromatic nitrogens is 1. The van der Waals surface area contributed by atoms with E-state index in [-0.39, 0.29) is 11.5 Å². The van der Waals surface area contributed by atoms with Crippen molar-refractivity contribution in [2.24, 2.45) is 0 Å². The number of carbonyl (C=O) groups excluding carboxylic acids is 3. The second kappa shape index (κ2) is 7.68. The Morgan fingerprint density at radius 2 is 1.71 bits per heavy atom. The summed E-state index contributed by atoms with van der Waals surface area (Å²) < 4.78 is 5.32. The lowest BCUT2D eigenvalue weighted by molar-refractivity contribution is -0.123. The molecule has 1 aromatic heterocycles. The van der Waals surface area contributed by atoms with Gasteiger partial charge in [0.25, 0.3) is 5.91 Å². The van der Waals surface area contributed by atoms with Crippen LogP contribution in [-0.4, -0.2) is 28.7 Å². The standard InChI is InChI=1S/C22H22N2O4/c1-12-19(14(3)25)13(2)23-20(12)22(27)28-15(4)21(26)24-18-11-7-9-16-8-5-6-10-17(16)18/h5-11,15,23H,1-4H3,(H,24,26)/t15-/m1/s1. The molecule has 0 bridgehead atoms. The number of aromatic amines is 1. The van der Waals surface area contributed by atoms with Gasteiger partial charge in [-0.05, 0) is 44.7 Å². The van der Waals surface area contributed by atoms with E-state index in [1.54, 1.807) is 19.9 Å². The predicted octanol–water partition coefficient (Wildman–Crippen LogP) is 4.17. The number of amides is 1. The number of H-pyrrole nitrogens is 1. The number of nitrogens with one attached hydrogen (secondary N) is 2. The largest absolute Gasteiger partial charge is 0.448 e. The Hall–Kier alpha value is -3.41. The first-order valence-corrected chi connectivity index (χ1v) is 8.99. The van der Waals surface area contributed by atoms with Crippen molar-refractivity contribution >= 4 is 34.1 Å². The van der Waals surface area contributed by atoms with Gasteiger partial charge in [-0.25, -0.2) is 4.79 Å². The van der Waals surface area contributed by atoms with E-state index in [2.05, 4.69) is 10.3 Å². The number of hydrogen-bond acceptors (Lipinski definition) is 4. The summed E-state index contributed by atoms with van der Waals surface area (Å²) in [7, 11) is 0. The average Bonchev–Trinajstić information content (AvgIpc) is 2.96. The van der Waals surface area contributed by atoms with Crippen molar-refractivity contribution < 1.29 is 19.1 Å². The second-order valence-corrected chi connectivity index (χ2v) is 6.74. The highest BCUT2D eigenvalue weighted by molar-refractivity contribution is 6.05. The van der Waals surface area contributed by atoms with Crippen LogP contribution in [0.3, 0.4) is 0 Å². The van der Waals surface area contributed by atoms with Crippen molar-refractivity contribution in [2.45, 2.75) is 33.8 Å². The summed E-state index contributed by atoms with van der Waals surface area (Å²) in [5, 5.41) is 4.71. The molecule has 3 aromatic rings. The van der Waals surface area contributed by atoms with Crippen LogP contribution in [-0.2, 0) is 9.53 Å². The van der Waals surface area contributed by atoms with Gasteiger partial charge in [-0.1, -0.05) is 36.4 Å². The molecule has 1 heterocycles. The first-order valence-electron chi connectivity index (χ1n) is 8.99. The molecule has 1 atom stereocenters. The Morgan fingerprint density at radius 1 is 1.04 bits per heavy atom. The third kappa shape index (κ3) is 3.67. The molecule has 0 saturated carbocycles. The van der Waals surface area contributed by atoms with E-state index in [4.69, 9.17) is 4.74 Å². The smallest absolute Gasteiger partial charge is 0.355 e. The van der Waals surface area contributed by atoms with Crippen LogP contribution in [0, 0.1) is 13.8 Å². The maximum Gasteiger partial charge on any atom is 0.355 e. The van der Waals surface area contributed by atoms with E-state index in [9.17, 15) is 14.4 Å². The molecule has 6 nitrogen and oxygen atoms in total. The van der Waals surface area contributed by atoms with Crippen molar-refractivity contribution in [3.05, 3.63) is 65.0 Å². The highest BCUT2D eigenvalue weighted by Crippen LogP contribution is 2.24. The number of esters is 1. The Kier molecular flexibility index (Phi) is 5.31. The summed E-state index contributed by atoms with van der Waals surface area (Å²) in [5.74, 6) is -1.24. The normalized spacial score (nSPS) is 11.9. The molecular formula is C22H22N2O4. The average molecular weight is 378 g/mol. The quantitative estimate of drug-likeness (QED) is 0.515. The van der Waals surface area contributed by atoms with Crippen molar-refractivity contribution in [2.75, 3.05) is 5.32 Å². The first-order chi connectivity index (χ1) is 13.3. The molecule has 0 unspecified atom stereocenters. The molecule has 0 fully saturated rings. The van der Waals surface area contributed by atoms with Crippen LogP contribution >= 0.6 is 0 Å². The van der Waals surface area contributed by atoms with E-state index in [1.807, 2.05) is 36.4 Å². The molecule has 6 heteroatoms. The molecule has 0 aliphatic carbocycles. The molecule has 0 aliphatic heterocycles. The van der Waals surface area contributed by atoms with Crippen molar-refractivity contribution in [1.29, 1.82) is 0 Å². The minimum Gasteiger partial charge on any atom is -0.448 e. The number of ether oxygens (including phenoxy) is 1. The van der Waals surface area contributed by atoms with Crippen LogP contribution in [0.25, 0.3) is 10.8 Å². The molecule has 3 rings (SSSR count). The molecule has 0 radical (unpaired) electrons. The Bertz CT molecular complexity index is 1080. The Balaban J connectivity index is 1.75. The maximum atomic E-state index is 12.5. The molecule has 0 saturated heterocycles. The van der Waals surface area contributed by atoms with E-state index in [0.29, 0.717) is 22.5 Å². The van der Waals surface area contributed by atoms with Crippen LogP contribution in [0.1, 0.15) is 46.0 Å². The lowest BCUT2D eigenvalue weighted by atomic mass is 10.1. The number of benzene rings is 2. The van der Waals surface area contributed by atoms with E-state index >= 15 is 0 Å². The Morgan fingerprint density at radius 3 is 2.39 bits per heavy atom. The van der Waals surface area contributed by atoms with Gasteiger partial charge in [-0.15, -0.1) is 0 Å². The molecule has 144 valence electrons. The van der Waals surface area contributed by atoms with Crippen molar-refractivity contribution in [3.63, 3.8) is 0 Å². The monoisotopic (exact) mass is 378 g/mol. The first kappa shape index (κ1) is 19.4. The molecule has 2 aromatic carbocycles. The molecule has 0 spiro atoms. The van der Waals surface area contributed by atoms with Gasteiger partial charge < -0.3 is 15.0 Å². The maximum absolute atomic E-state index is 12.5. The van der Waals surface area contributed by atoms with Crippen LogP contribution < -0.4 is 5.32 Å². The summed E-state index contributed by atoms with van der Waals surface area (Å²) in [6.45, 7) is 6.35. The van der Waals surface area contributed by atoms with Gasteiger partial charge in [0.05, 0.1) is 0 Å². The van der Waals surface area contributed by atoms with Gasteiger partial charge in [0.1, 0.15) is 5.69 Å². The van der Waals surface area contributed by atoms with E-state index < -0.39 is 18.0 Å². The van der Waals surface area contributed by atoms with Gasteiger partial charge >= 0.3 is 5.97 Å². The van der Waals surface area contributed by atoms with Gasteiger partial charge in [0.15, 0.2) is 11.9 Å². The van der Waals surface area contributed by atoms with Crippen LogP contribution in [0.5, 0.6) is 0 Å². The second-order valence-electron chi connectivity index (χ2n) is 6.74. The minimum absolute atomic E-state index is 0.132. The zero-order valence-corrected chi connectivity index (χ0v) is 16.3. The topological polar surface area (TPSA) is 88.3 Å². The highest BCUT2D eigenvalue weighted by atomic mass is 16.5. The minimum atomic E-state index is -1.00. The van der Waals surface area contributed by atoms with Crippen LogP contribution in [0.2, 0.25) is 0 Å². The third-order valence-electron chi connectivity index (χ3n) is 4.69. The van der Waals surface area contributed by atoms with Crippen LogP contribution in [0.4, 0.5) is 5.69 Å². The highest BCUT2D eigenvalue weighted by Gasteiger charge is 2.25. The summed E-state index contributed by atoms with van der Waals surface area (Å²) in [4.78, 5) is 39.6. The summed E-state index contributed by atoms with van der Waals surface area (Å²) in [5.41, 5.74) is 2.44. The van der Waals surface area contributed by atoms with Gasteiger partial charge in [0, 0.05) is 22.3 Å².